The third-order valence-electron chi connectivity index (χ3n) is 3.43. The van der Waals surface area contributed by atoms with Crippen LogP contribution in [-0.4, -0.2) is 15.9 Å². The fourth-order valence-electron chi connectivity index (χ4n) is 2.54. The zero-order valence-corrected chi connectivity index (χ0v) is 11.8. The van der Waals surface area contributed by atoms with E-state index in [1.54, 1.807) is 0 Å². The lowest BCUT2D eigenvalue weighted by Gasteiger charge is -2.16. The summed E-state index contributed by atoms with van der Waals surface area (Å²) in [6.45, 7) is 1.51. The van der Waals surface area contributed by atoms with E-state index in [0.29, 0.717) is 0 Å². The van der Waals surface area contributed by atoms with Gasteiger partial charge in [0.15, 0.2) is 0 Å². The molecule has 0 unspecified atom stereocenters. The Morgan fingerprint density at radius 1 is 0.952 bits per heavy atom. The minimum absolute atomic E-state index is 0.0620. The lowest BCUT2D eigenvalue weighted by atomic mass is 9.92. The Morgan fingerprint density at radius 3 is 1.95 bits per heavy atom. The first-order chi connectivity index (χ1) is 10.2. The molecule has 0 saturated carbocycles. The molecule has 2 aromatic heterocycles. The summed E-state index contributed by atoms with van der Waals surface area (Å²) in [5.74, 6) is 0.0643. The van der Waals surface area contributed by atoms with Crippen molar-refractivity contribution in [2.45, 2.75) is 12.8 Å². The van der Waals surface area contributed by atoms with Gasteiger partial charge in [0.2, 0.25) is 5.91 Å². The molecule has 1 aromatic carbocycles. The van der Waals surface area contributed by atoms with Crippen molar-refractivity contribution in [2.75, 3.05) is 5.32 Å². The molecule has 4 heteroatoms. The van der Waals surface area contributed by atoms with Crippen molar-refractivity contribution in [3.8, 4) is 0 Å². The number of anilines is 1. The molecule has 106 valence electrons. The van der Waals surface area contributed by atoms with E-state index in [-0.39, 0.29) is 11.8 Å². The number of carbonyl (C=O) groups excluding carboxylic acids is 1. The van der Waals surface area contributed by atoms with E-state index in [4.69, 9.17) is 0 Å². The lowest BCUT2D eigenvalue weighted by Crippen LogP contribution is -2.07. The molecular formula is C17H17N3O. The molecule has 3 aromatic rings. The predicted molar refractivity (Wildman–Crippen MR) is 83.3 cm³/mol. The molecule has 2 heterocycles. The van der Waals surface area contributed by atoms with E-state index in [9.17, 15) is 4.79 Å². The maximum absolute atomic E-state index is 11.1. The highest BCUT2D eigenvalue weighted by Crippen LogP contribution is 2.30. The Bertz CT molecular complexity index is 663. The molecule has 3 N–H and O–H groups in total. The number of hydrogen-bond donors (Lipinski definition) is 3. The summed E-state index contributed by atoms with van der Waals surface area (Å²) in [4.78, 5) is 17.6. The number of amides is 1. The molecule has 0 atom stereocenters. The van der Waals surface area contributed by atoms with Crippen molar-refractivity contribution >= 4 is 11.6 Å². The second-order valence-electron chi connectivity index (χ2n) is 4.99. The lowest BCUT2D eigenvalue weighted by molar-refractivity contribution is -0.114. The number of carbonyl (C=O) groups is 1. The van der Waals surface area contributed by atoms with Crippen LogP contribution in [0, 0.1) is 0 Å². The SMILES string of the molecule is CC(=O)Nc1ccc(C(c2ccc[nH]2)c2ccc[nH]2)cc1. The molecule has 0 aliphatic carbocycles. The minimum atomic E-state index is -0.0620. The van der Waals surface area contributed by atoms with Crippen molar-refractivity contribution in [3.63, 3.8) is 0 Å². The van der Waals surface area contributed by atoms with Crippen LogP contribution in [0.4, 0.5) is 5.69 Å². The predicted octanol–water partition coefficient (Wildman–Crippen LogP) is 3.48. The molecule has 0 spiro atoms. The maximum Gasteiger partial charge on any atom is 0.221 e. The Hall–Kier alpha value is -2.75. The first kappa shape index (κ1) is 13.2. The number of aromatic nitrogens is 2. The molecular weight excluding hydrogens is 262 g/mol. The van der Waals surface area contributed by atoms with E-state index in [0.717, 1.165) is 22.6 Å². The third-order valence-corrected chi connectivity index (χ3v) is 3.43. The van der Waals surface area contributed by atoms with Crippen molar-refractivity contribution in [1.29, 1.82) is 0 Å². The fraction of sp³-hybridized carbons (Fsp3) is 0.118. The van der Waals surface area contributed by atoms with Gasteiger partial charge < -0.3 is 15.3 Å². The molecule has 0 saturated heterocycles. The van der Waals surface area contributed by atoms with Gasteiger partial charge in [-0.3, -0.25) is 4.79 Å². The number of rotatable bonds is 4. The number of H-pyrrole nitrogens is 2. The Morgan fingerprint density at radius 2 is 1.52 bits per heavy atom. The van der Waals surface area contributed by atoms with Crippen molar-refractivity contribution < 1.29 is 4.79 Å². The van der Waals surface area contributed by atoms with Crippen LogP contribution in [0.5, 0.6) is 0 Å². The van der Waals surface area contributed by atoms with E-state index < -0.39 is 0 Å². The molecule has 0 bridgehead atoms. The average Bonchev–Trinajstić information content (AvgIpc) is 3.14. The summed E-state index contributed by atoms with van der Waals surface area (Å²) >= 11 is 0. The molecule has 0 radical (unpaired) electrons. The van der Waals surface area contributed by atoms with E-state index in [1.165, 1.54) is 6.92 Å². The highest BCUT2D eigenvalue weighted by Gasteiger charge is 2.18. The molecule has 0 fully saturated rings. The van der Waals surface area contributed by atoms with Gasteiger partial charge in [0, 0.05) is 36.4 Å². The Kier molecular flexibility index (Phi) is 3.60. The monoisotopic (exact) mass is 279 g/mol. The van der Waals surface area contributed by atoms with E-state index in [1.807, 2.05) is 48.8 Å². The van der Waals surface area contributed by atoms with Crippen LogP contribution in [0.1, 0.15) is 29.8 Å². The van der Waals surface area contributed by atoms with Crippen molar-refractivity contribution in [2.24, 2.45) is 0 Å². The van der Waals surface area contributed by atoms with Crippen LogP contribution in [0.2, 0.25) is 0 Å². The number of aromatic amines is 2. The van der Waals surface area contributed by atoms with Crippen molar-refractivity contribution in [3.05, 3.63) is 77.9 Å². The van der Waals surface area contributed by atoms with Gasteiger partial charge in [-0.15, -0.1) is 0 Å². The van der Waals surface area contributed by atoms with Crippen molar-refractivity contribution in [1.82, 2.24) is 9.97 Å². The first-order valence-electron chi connectivity index (χ1n) is 6.88. The van der Waals surface area contributed by atoms with Gasteiger partial charge in [-0.05, 0) is 42.0 Å². The van der Waals surface area contributed by atoms with Gasteiger partial charge >= 0.3 is 0 Å². The number of nitrogens with one attached hydrogen (secondary N) is 3. The van der Waals surface area contributed by atoms with Gasteiger partial charge in [-0.2, -0.15) is 0 Å². The molecule has 21 heavy (non-hydrogen) atoms. The van der Waals surface area contributed by atoms with Crippen LogP contribution in [0.25, 0.3) is 0 Å². The molecule has 3 rings (SSSR count). The fourth-order valence-corrected chi connectivity index (χ4v) is 2.54. The molecule has 1 amide bonds. The summed E-state index contributed by atoms with van der Waals surface area (Å²) in [5.41, 5.74) is 4.23. The summed E-state index contributed by atoms with van der Waals surface area (Å²) in [7, 11) is 0. The van der Waals surface area contributed by atoms with E-state index in [2.05, 4.69) is 27.4 Å². The van der Waals surface area contributed by atoms with Gasteiger partial charge in [-0.1, -0.05) is 12.1 Å². The number of benzene rings is 1. The normalized spacial score (nSPS) is 10.8. The topological polar surface area (TPSA) is 60.7 Å². The van der Waals surface area contributed by atoms with Gasteiger partial charge in [0.1, 0.15) is 0 Å². The van der Waals surface area contributed by atoms with Crippen LogP contribution < -0.4 is 5.32 Å². The zero-order chi connectivity index (χ0) is 14.7. The quantitative estimate of drug-likeness (QED) is 0.672. The summed E-state index contributed by atoms with van der Waals surface area (Å²) in [5, 5.41) is 2.79. The highest BCUT2D eigenvalue weighted by atomic mass is 16.1. The molecule has 0 aliphatic rings. The first-order valence-corrected chi connectivity index (χ1v) is 6.88. The van der Waals surface area contributed by atoms with Gasteiger partial charge in [-0.25, -0.2) is 0 Å². The third kappa shape index (κ3) is 2.89. The van der Waals surface area contributed by atoms with E-state index >= 15 is 0 Å². The summed E-state index contributed by atoms with van der Waals surface area (Å²) in [6.07, 6.45) is 3.86. The highest BCUT2D eigenvalue weighted by molar-refractivity contribution is 5.88. The number of hydrogen-bond acceptors (Lipinski definition) is 1. The largest absolute Gasteiger partial charge is 0.364 e. The minimum Gasteiger partial charge on any atom is -0.364 e. The Labute approximate surface area is 123 Å². The molecule has 0 aliphatic heterocycles. The summed E-state index contributed by atoms with van der Waals surface area (Å²) < 4.78 is 0. The average molecular weight is 279 g/mol. The Balaban J connectivity index is 1.96. The van der Waals surface area contributed by atoms with Crippen LogP contribution >= 0.6 is 0 Å². The van der Waals surface area contributed by atoms with Crippen LogP contribution in [0.3, 0.4) is 0 Å². The zero-order valence-electron chi connectivity index (χ0n) is 11.8. The van der Waals surface area contributed by atoms with Crippen LogP contribution in [-0.2, 0) is 4.79 Å². The van der Waals surface area contributed by atoms with Gasteiger partial charge in [0.05, 0.1) is 5.92 Å². The van der Waals surface area contributed by atoms with Crippen LogP contribution in [0.15, 0.2) is 60.9 Å². The summed E-state index contributed by atoms with van der Waals surface area (Å²) in [6, 6.07) is 16.1. The molecule has 4 nitrogen and oxygen atoms in total. The van der Waals surface area contributed by atoms with Gasteiger partial charge in [0.25, 0.3) is 0 Å². The standard InChI is InChI=1S/C17H17N3O/c1-12(21)20-14-8-6-13(7-9-14)17(15-4-2-10-18-15)16-5-3-11-19-16/h2-11,17-19H,1H3,(H,20,21). The maximum atomic E-state index is 11.1. The second kappa shape index (κ2) is 5.71. The second-order valence-corrected chi connectivity index (χ2v) is 4.99. The smallest absolute Gasteiger partial charge is 0.221 e.